The summed E-state index contributed by atoms with van der Waals surface area (Å²) in [6.45, 7) is 3.43. The third-order valence-electron chi connectivity index (χ3n) is 4.63. The maximum atomic E-state index is 12.4. The fourth-order valence-electron chi connectivity index (χ4n) is 3.22. The molecule has 0 spiro atoms. The molecule has 0 bridgehead atoms. The molecule has 0 radical (unpaired) electrons. The van der Waals surface area contributed by atoms with Crippen LogP contribution in [-0.4, -0.2) is 25.0 Å². The summed E-state index contributed by atoms with van der Waals surface area (Å²) in [5.74, 6) is 0.546. The Morgan fingerprint density at radius 2 is 2.04 bits per heavy atom. The molecular weight excluding hydrogens is 451 g/mol. The Balaban J connectivity index is 0.00000261. The lowest BCUT2D eigenvalue weighted by atomic mass is 10.1. The van der Waals surface area contributed by atoms with E-state index in [0.29, 0.717) is 25.3 Å². The summed E-state index contributed by atoms with van der Waals surface area (Å²) in [4.78, 5) is 18.7. The third kappa shape index (κ3) is 5.69. The Morgan fingerprint density at radius 3 is 2.85 bits per heavy atom. The molecule has 1 aliphatic heterocycles. The van der Waals surface area contributed by atoms with E-state index in [2.05, 4.69) is 35.4 Å². The Morgan fingerprint density at radius 1 is 1.22 bits per heavy atom. The maximum absolute atomic E-state index is 12.4. The van der Waals surface area contributed by atoms with Gasteiger partial charge in [0.15, 0.2) is 5.96 Å². The zero-order chi connectivity index (χ0) is 18.4. The minimum absolute atomic E-state index is 0. The number of rotatable bonds is 6. The number of nitrogens with zero attached hydrogens (tertiary/aromatic N) is 2. The first-order valence-electron chi connectivity index (χ1n) is 9.21. The number of hydrogen-bond donors (Lipinski definition) is 2. The van der Waals surface area contributed by atoms with Crippen LogP contribution >= 0.6 is 24.0 Å². The normalized spacial score (nSPS) is 13.1. The van der Waals surface area contributed by atoms with Gasteiger partial charge in [0.1, 0.15) is 0 Å². The van der Waals surface area contributed by atoms with Crippen molar-refractivity contribution in [2.24, 2.45) is 10.7 Å². The molecule has 0 unspecified atom stereocenters. The van der Waals surface area contributed by atoms with Crippen molar-refractivity contribution in [2.75, 3.05) is 23.3 Å². The van der Waals surface area contributed by atoms with Gasteiger partial charge in [-0.2, -0.15) is 0 Å². The number of amides is 1. The Labute approximate surface area is 178 Å². The fraction of sp³-hybridized carbons (Fsp3) is 0.333. The van der Waals surface area contributed by atoms with E-state index >= 15 is 0 Å². The highest BCUT2D eigenvalue weighted by atomic mass is 127. The van der Waals surface area contributed by atoms with Crippen LogP contribution in [-0.2, 0) is 17.6 Å². The summed E-state index contributed by atoms with van der Waals surface area (Å²) in [5, 5.41) is 3.11. The number of benzene rings is 2. The molecule has 1 aliphatic rings. The second kappa shape index (κ2) is 10.3. The fourth-order valence-corrected chi connectivity index (χ4v) is 3.22. The van der Waals surface area contributed by atoms with Gasteiger partial charge < -0.3 is 16.0 Å². The van der Waals surface area contributed by atoms with Crippen molar-refractivity contribution in [2.45, 2.75) is 32.6 Å². The molecule has 6 heteroatoms. The molecular formula is C21H27IN4O. The van der Waals surface area contributed by atoms with E-state index in [0.717, 1.165) is 30.8 Å². The molecule has 0 aliphatic carbocycles. The van der Waals surface area contributed by atoms with Gasteiger partial charge in [-0.1, -0.05) is 37.3 Å². The summed E-state index contributed by atoms with van der Waals surface area (Å²) in [6.07, 6.45) is 3.09. The lowest BCUT2D eigenvalue weighted by Gasteiger charge is -2.17. The monoisotopic (exact) mass is 478 g/mol. The van der Waals surface area contributed by atoms with Gasteiger partial charge in [-0.3, -0.25) is 9.79 Å². The topological polar surface area (TPSA) is 70.7 Å². The van der Waals surface area contributed by atoms with Crippen LogP contribution in [0, 0.1) is 0 Å². The third-order valence-corrected chi connectivity index (χ3v) is 4.63. The highest BCUT2D eigenvalue weighted by Crippen LogP contribution is 2.28. The summed E-state index contributed by atoms with van der Waals surface area (Å²) in [7, 11) is 0. The molecule has 0 aromatic heterocycles. The largest absolute Gasteiger partial charge is 0.370 e. The van der Waals surface area contributed by atoms with E-state index < -0.39 is 0 Å². The molecule has 2 aromatic rings. The zero-order valence-corrected chi connectivity index (χ0v) is 18.0. The van der Waals surface area contributed by atoms with Crippen LogP contribution in [0.15, 0.2) is 53.5 Å². The quantitative estimate of drug-likeness (QED) is 0.286. The number of para-hydroxylation sites is 1. The van der Waals surface area contributed by atoms with Gasteiger partial charge in [0.25, 0.3) is 0 Å². The second-order valence-electron chi connectivity index (χ2n) is 6.47. The zero-order valence-electron chi connectivity index (χ0n) is 15.6. The van der Waals surface area contributed by atoms with Crippen molar-refractivity contribution >= 4 is 47.2 Å². The number of fused-ring (bicyclic) bond motifs is 1. The number of anilines is 2. The van der Waals surface area contributed by atoms with E-state index in [4.69, 9.17) is 5.73 Å². The van der Waals surface area contributed by atoms with Crippen LogP contribution in [0.5, 0.6) is 0 Å². The number of nitrogens with one attached hydrogen (secondary N) is 1. The molecule has 1 heterocycles. The van der Waals surface area contributed by atoms with Gasteiger partial charge >= 0.3 is 0 Å². The van der Waals surface area contributed by atoms with E-state index in [9.17, 15) is 4.79 Å². The molecule has 2 aromatic carbocycles. The molecule has 3 N–H and O–H groups in total. The molecule has 27 heavy (non-hydrogen) atoms. The minimum Gasteiger partial charge on any atom is -0.370 e. The van der Waals surface area contributed by atoms with Crippen molar-refractivity contribution in [3.05, 3.63) is 59.7 Å². The van der Waals surface area contributed by atoms with Gasteiger partial charge in [-0.05, 0) is 48.6 Å². The van der Waals surface area contributed by atoms with Crippen molar-refractivity contribution in [1.29, 1.82) is 0 Å². The predicted molar refractivity (Wildman–Crippen MR) is 123 cm³/mol. The first-order chi connectivity index (χ1) is 12.7. The number of halogens is 1. The number of carbonyl (C=O) groups excluding carboxylic acids is 1. The smallest absolute Gasteiger partial charge is 0.227 e. The number of aliphatic imine (C=N–C) groups is 1. The van der Waals surface area contributed by atoms with Gasteiger partial charge in [-0.15, -0.1) is 24.0 Å². The first kappa shape index (κ1) is 21.2. The van der Waals surface area contributed by atoms with Gasteiger partial charge in [-0.25, -0.2) is 0 Å². The number of hydrogen-bond acceptors (Lipinski definition) is 2. The van der Waals surface area contributed by atoms with Crippen LogP contribution in [0.2, 0.25) is 0 Å². The predicted octanol–water partition coefficient (Wildman–Crippen LogP) is 3.96. The summed E-state index contributed by atoms with van der Waals surface area (Å²) >= 11 is 0. The lowest BCUT2D eigenvalue weighted by molar-refractivity contribution is -0.118. The summed E-state index contributed by atoms with van der Waals surface area (Å²) in [5.41, 5.74) is 10.4. The van der Waals surface area contributed by atoms with Crippen molar-refractivity contribution in [3.8, 4) is 0 Å². The van der Waals surface area contributed by atoms with E-state index in [1.807, 2.05) is 35.2 Å². The molecule has 0 saturated heterocycles. The molecule has 5 nitrogen and oxygen atoms in total. The van der Waals surface area contributed by atoms with Crippen LogP contribution in [0.25, 0.3) is 0 Å². The molecule has 0 fully saturated rings. The highest BCUT2D eigenvalue weighted by molar-refractivity contribution is 14.0. The number of guanidine groups is 1. The Bertz CT molecular complexity index is 806. The van der Waals surface area contributed by atoms with Crippen LogP contribution in [0.4, 0.5) is 11.4 Å². The lowest BCUT2D eigenvalue weighted by Crippen LogP contribution is -2.28. The van der Waals surface area contributed by atoms with Crippen molar-refractivity contribution in [3.63, 3.8) is 0 Å². The molecule has 1 amide bonds. The maximum Gasteiger partial charge on any atom is 0.227 e. The Kier molecular flexibility index (Phi) is 8.09. The Hall–Kier alpha value is -2.09. The number of carbonyl (C=O) groups is 1. The van der Waals surface area contributed by atoms with Crippen molar-refractivity contribution < 1.29 is 4.79 Å². The van der Waals surface area contributed by atoms with Crippen molar-refractivity contribution in [1.82, 2.24) is 0 Å². The standard InChI is InChI=1S/C21H26N4O.HI/c1-2-16-7-5-9-18(15-16)24-21(22)23-13-6-11-20(26)25-14-12-17-8-3-4-10-19(17)25;/h3-5,7-10,15H,2,6,11-14H2,1H3,(H3,22,23,24);1H. The average Bonchev–Trinajstić information content (AvgIpc) is 3.09. The first-order valence-corrected chi connectivity index (χ1v) is 9.21. The molecule has 144 valence electrons. The SMILES string of the molecule is CCc1cccc(NC(N)=NCCCC(=O)N2CCc3ccccc32)c1.I. The minimum atomic E-state index is 0. The average molecular weight is 478 g/mol. The summed E-state index contributed by atoms with van der Waals surface area (Å²) < 4.78 is 0. The van der Waals surface area contributed by atoms with Gasteiger partial charge in [0.05, 0.1) is 0 Å². The van der Waals surface area contributed by atoms with E-state index in [-0.39, 0.29) is 29.9 Å². The molecule has 0 saturated carbocycles. The van der Waals surface area contributed by atoms with E-state index in [1.54, 1.807) is 0 Å². The molecule has 3 rings (SSSR count). The number of nitrogens with two attached hydrogens (primary N) is 1. The molecule has 0 atom stereocenters. The van der Waals surface area contributed by atoms with E-state index in [1.165, 1.54) is 11.1 Å². The second-order valence-corrected chi connectivity index (χ2v) is 6.47. The highest BCUT2D eigenvalue weighted by Gasteiger charge is 2.23. The number of aryl methyl sites for hydroxylation is 1. The van der Waals surface area contributed by atoms with Crippen LogP contribution in [0.3, 0.4) is 0 Å². The summed E-state index contributed by atoms with van der Waals surface area (Å²) in [6, 6.07) is 16.2. The van der Waals surface area contributed by atoms with Crippen LogP contribution in [0.1, 0.15) is 30.9 Å². The van der Waals surface area contributed by atoms with Gasteiger partial charge in [0.2, 0.25) is 5.91 Å². The van der Waals surface area contributed by atoms with Gasteiger partial charge in [0, 0.05) is 30.9 Å². The van der Waals surface area contributed by atoms with Crippen LogP contribution < -0.4 is 16.0 Å².